The molecule has 5 aromatic rings. The summed E-state index contributed by atoms with van der Waals surface area (Å²) < 4.78 is 84.5. The third kappa shape index (κ3) is 4.60. The summed E-state index contributed by atoms with van der Waals surface area (Å²) in [6.07, 6.45) is 8.16. The number of phenols is 1. The Balaban J connectivity index is 1.28. The van der Waals surface area contributed by atoms with Gasteiger partial charge in [-0.25, -0.2) is 13.2 Å². The number of benzene rings is 3. The maximum Gasteiger partial charge on any atom is 0.319 e. The van der Waals surface area contributed by atoms with Crippen molar-refractivity contribution in [3.63, 3.8) is 0 Å². The fraction of sp³-hybridized carbons (Fsp3) is 0.421. The second kappa shape index (κ2) is 11.0. The van der Waals surface area contributed by atoms with Crippen LogP contribution in [-0.2, 0) is 0 Å². The number of anilines is 1. The lowest BCUT2D eigenvalue weighted by Crippen LogP contribution is -2.52. The summed E-state index contributed by atoms with van der Waals surface area (Å²) in [5, 5.41) is 12.3. The van der Waals surface area contributed by atoms with Crippen LogP contribution < -0.4 is 9.64 Å². The molecule has 0 amide bonds. The largest absolute Gasteiger partial charge is 0.508 e. The third-order valence-electron chi connectivity index (χ3n) is 11.1. The molecule has 4 aliphatic rings. The van der Waals surface area contributed by atoms with E-state index in [4.69, 9.17) is 24.7 Å². The van der Waals surface area contributed by atoms with Crippen molar-refractivity contribution in [1.29, 1.82) is 0 Å². The predicted molar refractivity (Wildman–Crippen MR) is 182 cm³/mol. The van der Waals surface area contributed by atoms with Gasteiger partial charge < -0.3 is 19.2 Å². The van der Waals surface area contributed by atoms with Gasteiger partial charge in [-0.3, -0.25) is 9.80 Å². The molecule has 6 heterocycles. The van der Waals surface area contributed by atoms with E-state index in [1.807, 2.05) is 4.90 Å². The highest BCUT2D eigenvalue weighted by atomic mass is 19.1. The number of fused-ring (bicyclic) bond motifs is 7. The fourth-order valence-electron chi connectivity index (χ4n) is 8.96. The number of phenolic OH excluding ortho intramolecular Hbond substituents is 1. The molecule has 4 saturated heterocycles. The predicted octanol–water partition coefficient (Wildman–Crippen LogP) is 6.71. The van der Waals surface area contributed by atoms with E-state index in [9.17, 15) is 9.50 Å². The Bertz CT molecular complexity index is 2330. The molecule has 0 aliphatic carbocycles. The number of aryl methyl sites for hydroxylation is 1. The first-order valence-corrected chi connectivity index (χ1v) is 16.8. The minimum absolute atomic E-state index is 0.0712. The molecule has 3 aromatic carbocycles. The molecular weight excluding hydrogens is 631 g/mol. The number of piperazine rings is 1. The zero-order valence-electron chi connectivity index (χ0n) is 29.9. The molecule has 0 radical (unpaired) electrons. The first kappa shape index (κ1) is 27.3. The van der Waals surface area contributed by atoms with Gasteiger partial charge in [-0.05, 0) is 75.8 Å². The highest BCUT2D eigenvalue weighted by molar-refractivity contribution is 6.18. The average molecular weight is 671 g/mol. The monoisotopic (exact) mass is 670 g/mol. The molecule has 4 fully saturated rings. The molecular formula is C38H36F3N5O3. The summed E-state index contributed by atoms with van der Waals surface area (Å²) in [6, 6.07) is 6.51. The minimum Gasteiger partial charge on any atom is -0.508 e. The number of furan rings is 1. The van der Waals surface area contributed by atoms with Crippen molar-refractivity contribution >= 4 is 38.5 Å². The SMILES string of the molecule is [2H]C([2H])([2H])N1[C@@H]2CC[C@H]1CN(c1nc(OC[C@@]34CCCN3C[C@H](F)C4)nc3c(F)c(-c4cc(O)cc5ccc(F)c(C#C)c45)c4oc(C)cc4c13)C2. The van der Waals surface area contributed by atoms with E-state index < -0.39 is 30.3 Å². The Morgan fingerprint density at radius 2 is 1.96 bits per heavy atom. The number of aromatic hydroxyl groups is 1. The van der Waals surface area contributed by atoms with Crippen molar-refractivity contribution in [2.24, 2.45) is 0 Å². The zero-order valence-corrected chi connectivity index (χ0v) is 26.9. The van der Waals surface area contributed by atoms with Crippen LogP contribution in [0.25, 0.3) is 43.8 Å². The second-order valence-electron chi connectivity index (χ2n) is 14.1. The summed E-state index contributed by atoms with van der Waals surface area (Å²) in [5.74, 6) is 1.53. The molecule has 4 atom stereocenters. The fourth-order valence-corrected chi connectivity index (χ4v) is 8.96. The molecule has 8 nitrogen and oxygen atoms in total. The molecule has 2 bridgehead atoms. The number of rotatable bonds is 5. The van der Waals surface area contributed by atoms with Crippen LogP contribution in [0.4, 0.5) is 19.0 Å². The van der Waals surface area contributed by atoms with Gasteiger partial charge in [-0.15, -0.1) is 6.42 Å². The van der Waals surface area contributed by atoms with Crippen molar-refractivity contribution < 1.29 is 31.5 Å². The van der Waals surface area contributed by atoms with E-state index in [-0.39, 0.29) is 63.6 Å². The van der Waals surface area contributed by atoms with Crippen LogP contribution in [0.2, 0.25) is 0 Å². The molecule has 49 heavy (non-hydrogen) atoms. The minimum atomic E-state index is -2.27. The maximum absolute atomic E-state index is 17.6. The lowest BCUT2D eigenvalue weighted by molar-refractivity contribution is 0.107. The van der Waals surface area contributed by atoms with Crippen molar-refractivity contribution in [2.45, 2.75) is 62.8 Å². The van der Waals surface area contributed by atoms with Gasteiger partial charge in [-0.1, -0.05) is 12.0 Å². The Kier molecular flexibility index (Phi) is 6.12. The Morgan fingerprint density at radius 1 is 1.14 bits per heavy atom. The van der Waals surface area contributed by atoms with E-state index in [0.29, 0.717) is 66.6 Å². The third-order valence-corrected chi connectivity index (χ3v) is 11.1. The van der Waals surface area contributed by atoms with Gasteiger partial charge in [0.1, 0.15) is 47.0 Å². The van der Waals surface area contributed by atoms with Crippen molar-refractivity contribution in [3.8, 4) is 35.2 Å². The molecule has 252 valence electrons. The zero-order chi connectivity index (χ0) is 36.3. The van der Waals surface area contributed by atoms with Crippen LogP contribution in [-0.4, -0.2) is 88.4 Å². The molecule has 0 saturated carbocycles. The summed E-state index contributed by atoms with van der Waals surface area (Å²) in [4.78, 5) is 15.3. The first-order valence-electron chi connectivity index (χ1n) is 18.3. The standard InChI is InChI=1S/C38H36F3N5O3/c1-4-26-29(40)9-6-21-13-25(47)14-27(30(21)26)31-33(41)34-32(28-12-20(2)49-35(28)31)36(45-17-23-7-8-24(18-45)44(23)3)43-37(42-34)48-19-38-10-5-11-46(38)16-22(39)15-38/h1,6,9,12-14,22-24,47H,5,7-8,10-11,15-19H2,2-3H3/t22-,23-,24+,38+/m1/s1/i3D3. The van der Waals surface area contributed by atoms with E-state index >= 15 is 8.78 Å². The van der Waals surface area contributed by atoms with E-state index in [1.165, 1.54) is 24.3 Å². The van der Waals surface area contributed by atoms with Crippen molar-refractivity contribution in [2.75, 3.05) is 44.7 Å². The van der Waals surface area contributed by atoms with Gasteiger partial charge in [0.15, 0.2) is 5.82 Å². The summed E-state index contributed by atoms with van der Waals surface area (Å²) in [7, 11) is 0. The van der Waals surface area contributed by atoms with Crippen LogP contribution in [0.1, 0.15) is 47.5 Å². The van der Waals surface area contributed by atoms with Gasteiger partial charge >= 0.3 is 6.01 Å². The molecule has 0 unspecified atom stereocenters. The first-order chi connectivity index (χ1) is 24.8. The maximum atomic E-state index is 17.6. The highest BCUT2D eigenvalue weighted by Crippen LogP contribution is 2.47. The van der Waals surface area contributed by atoms with Crippen LogP contribution in [0.3, 0.4) is 0 Å². The number of alkyl halides is 1. The average Bonchev–Trinajstić information content (AvgIpc) is 3.82. The summed E-state index contributed by atoms with van der Waals surface area (Å²) >= 11 is 0. The summed E-state index contributed by atoms with van der Waals surface area (Å²) in [6.45, 7) is 1.31. The van der Waals surface area contributed by atoms with Crippen molar-refractivity contribution in [1.82, 2.24) is 19.8 Å². The summed E-state index contributed by atoms with van der Waals surface area (Å²) in [5.41, 5.74) is -0.536. The quantitative estimate of drug-likeness (QED) is 0.207. The lowest BCUT2D eigenvalue weighted by Gasteiger charge is -2.40. The second-order valence-corrected chi connectivity index (χ2v) is 14.1. The van der Waals surface area contributed by atoms with Crippen molar-refractivity contribution in [3.05, 3.63) is 53.3 Å². The molecule has 2 aromatic heterocycles. The smallest absolute Gasteiger partial charge is 0.319 e. The van der Waals surface area contributed by atoms with Crippen LogP contribution >= 0.6 is 0 Å². The number of ether oxygens (including phenoxy) is 1. The van der Waals surface area contributed by atoms with Gasteiger partial charge in [0.05, 0.1) is 22.1 Å². The number of terminal acetylenes is 1. The molecule has 0 spiro atoms. The number of nitrogens with zero attached hydrogens (tertiary/aromatic N) is 5. The lowest BCUT2D eigenvalue weighted by atomic mass is 9.91. The van der Waals surface area contributed by atoms with E-state index in [2.05, 4.69) is 15.8 Å². The van der Waals surface area contributed by atoms with E-state index in [1.54, 1.807) is 17.9 Å². The number of halogens is 3. The number of aromatic nitrogens is 2. The molecule has 4 aliphatic heterocycles. The number of hydrogen-bond donors (Lipinski definition) is 1. The molecule has 9 rings (SSSR count). The Morgan fingerprint density at radius 3 is 2.73 bits per heavy atom. The number of hydrogen-bond acceptors (Lipinski definition) is 8. The Labute approximate surface area is 285 Å². The van der Waals surface area contributed by atoms with Crippen LogP contribution in [0, 0.1) is 30.9 Å². The van der Waals surface area contributed by atoms with Gasteiger partial charge in [-0.2, -0.15) is 9.97 Å². The van der Waals surface area contributed by atoms with Crippen LogP contribution in [0.15, 0.2) is 34.7 Å². The van der Waals surface area contributed by atoms with Gasteiger partial charge in [0.2, 0.25) is 0 Å². The van der Waals surface area contributed by atoms with Gasteiger partial charge in [0.25, 0.3) is 0 Å². The van der Waals surface area contributed by atoms with E-state index in [0.717, 1.165) is 19.4 Å². The topological polar surface area (TPSA) is 78.1 Å². The van der Waals surface area contributed by atoms with Crippen LogP contribution in [0.5, 0.6) is 11.8 Å². The molecule has 11 heteroatoms. The Hall–Kier alpha value is -4.53. The number of likely N-dealkylation sites (N-methyl/N-ethyl adjacent to an activating group) is 1. The normalized spacial score (nSPS) is 26.7. The molecule has 1 N–H and O–H groups in total. The highest BCUT2D eigenvalue weighted by Gasteiger charge is 2.49. The van der Waals surface area contributed by atoms with Gasteiger partial charge in [0, 0.05) is 58.6 Å².